The molecule has 0 spiro atoms. The van der Waals surface area contributed by atoms with Crippen molar-refractivity contribution < 1.29 is 43.4 Å². The van der Waals surface area contributed by atoms with Gasteiger partial charge in [-0.3, -0.25) is 0 Å². The van der Waals surface area contributed by atoms with Gasteiger partial charge in [0.15, 0.2) is 0 Å². The quantitative estimate of drug-likeness (QED) is 0.300. The first-order valence-electron chi connectivity index (χ1n) is 17.8. The predicted octanol–water partition coefficient (Wildman–Crippen LogP) is 4.11. The number of benzene rings is 2. The zero-order valence-corrected chi connectivity index (χ0v) is 16.4. The number of phenols is 1. The van der Waals surface area contributed by atoms with Crippen LogP contribution in [0, 0.1) is 0 Å². The smallest absolute Gasteiger partial charge is 0.121 e. The fraction of sp³-hybridized carbons (Fsp3) is 0.520. The van der Waals surface area contributed by atoms with E-state index in [1.807, 2.05) is 0 Å². The van der Waals surface area contributed by atoms with Crippen LogP contribution in [0.5, 0.6) is 5.75 Å². The summed E-state index contributed by atoms with van der Waals surface area (Å²) in [6.45, 7) is -7.93. The lowest BCUT2D eigenvalue weighted by Crippen LogP contribution is -2.22. The average molecular weight is 433 g/mol. The highest BCUT2D eigenvalue weighted by Gasteiger charge is 2.09. The van der Waals surface area contributed by atoms with Crippen molar-refractivity contribution in [2.45, 2.75) is 57.5 Å². The molecule has 0 aliphatic heterocycles. The van der Waals surface area contributed by atoms with Crippen LogP contribution in [0.1, 0.15) is 84.5 Å². The third kappa shape index (κ3) is 9.72. The van der Waals surface area contributed by atoms with Crippen molar-refractivity contribution in [2.24, 2.45) is 0 Å². The highest BCUT2D eigenvalue weighted by molar-refractivity contribution is 5.36. The van der Waals surface area contributed by atoms with Crippen LogP contribution in [0.25, 0.3) is 0 Å². The molecule has 2 aromatic carbocycles. The molecule has 0 heterocycles. The average Bonchev–Trinajstić information content (AvgIpc) is 2.92. The van der Waals surface area contributed by atoms with Gasteiger partial charge in [-0.1, -0.05) is 49.1 Å². The van der Waals surface area contributed by atoms with E-state index >= 15 is 0 Å². The molecule has 2 aromatic rings. The van der Waals surface area contributed by atoms with Gasteiger partial charge >= 0.3 is 0 Å². The Morgan fingerprint density at radius 2 is 1.90 bits per heavy atom. The Hall–Kier alpha value is -1.92. The molecule has 1 unspecified atom stereocenters. The van der Waals surface area contributed by atoms with Gasteiger partial charge in [-0.25, -0.2) is 0 Å². The van der Waals surface area contributed by atoms with Gasteiger partial charge in [-0.2, -0.15) is 0 Å². The summed E-state index contributed by atoms with van der Waals surface area (Å²) < 4.78 is 142. The molecular weight excluding hydrogens is 378 g/mol. The third-order valence-electron chi connectivity index (χ3n) is 3.67. The third-order valence-corrected chi connectivity index (χ3v) is 3.67. The van der Waals surface area contributed by atoms with Crippen molar-refractivity contribution in [3.8, 4) is 5.75 Å². The van der Waals surface area contributed by atoms with E-state index in [4.69, 9.17) is 28.0 Å². The molecule has 0 radical (unpaired) electrons. The fourth-order valence-corrected chi connectivity index (χ4v) is 2.15. The first-order valence-corrected chi connectivity index (χ1v) is 9.33. The molecular formula is C25H37NO4. The monoisotopic (exact) mass is 432 g/mol. The number of nitrogens with one attached hydrogen (secondary N) is 1. The molecule has 0 saturated heterocycles. The number of ether oxygens (including phenoxy) is 1. The molecule has 0 bridgehead atoms. The van der Waals surface area contributed by atoms with E-state index in [2.05, 4.69) is 5.32 Å². The van der Waals surface area contributed by atoms with Crippen LogP contribution in [0.4, 0.5) is 0 Å². The van der Waals surface area contributed by atoms with E-state index in [-0.39, 0.29) is 38.3 Å². The number of hydrogen-bond donors (Lipinski definition) is 4. The predicted molar refractivity (Wildman–Crippen MR) is 121 cm³/mol. The highest BCUT2D eigenvalue weighted by Crippen LogP contribution is 2.22. The van der Waals surface area contributed by atoms with Crippen molar-refractivity contribution in [1.29, 1.82) is 0 Å². The SMILES string of the molecule is [2H]c1cc([2H])c(C([2H])([2H])C([2H])([2H])C([2H])([2H])COC([2H])([2H])CCCCCNC([2H])([2H])C([2H])(O)c2c([2H])c([2H])c(O)c(CO)c2[2H])c([2H])c1. The van der Waals surface area contributed by atoms with Crippen molar-refractivity contribution in [3.05, 3.63) is 65.1 Å². The minimum absolute atomic E-state index is 0.0805. The van der Waals surface area contributed by atoms with Crippen LogP contribution in [0.3, 0.4) is 0 Å². The molecule has 0 aromatic heterocycles. The molecule has 0 amide bonds. The van der Waals surface area contributed by atoms with Gasteiger partial charge in [0.2, 0.25) is 0 Å². The first-order chi connectivity index (χ1) is 21.2. The molecule has 0 aliphatic rings. The summed E-state index contributed by atoms with van der Waals surface area (Å²) in [5.41, 5.74) is -2.28. The van der Waals surface area contributed by atoms with Gasteiger partial charge in [-0.15, -0.1) is 0 Å². The molecule has 4 N–H and O–H groups in total. The molecule has 5 nitrogen and oxygen atoms in total. The lowest BCUT2D eigenvalue weighted by molar-refractivity contribution is 0.126. The van der Waals surface area contributed by atoms with E-state index in [0.29, 0.717) is 0 Å². The summed E-state index contributed by atoms with van der Waals surface area (Å²) >= 11 is 0. The van der Waals surface area contributed by atoms with E-state index in [0.717, 1.165) is 12.1 Å². The Morgan fingerprint density at radius 1 is 1.10 bits per heavy atom. The number of unbranched alkanes of at least 4 members (excludes halogenated alkanes) is 2. The Kier molecular flexibility index (Phi) is 4.84. The van der Waals surface area contributed by atoms with Crippen LogP contribution in [-0.4, -0.2) is 41.5 Å². The number of hydrogen-bond acceptors (Lipinski definition) is 5. The highest BCUT2D eigenvalue weighted by atomic mass is 16.5. The maximum absolute atomic E-state index is 10.7. The van der Waals surface area contributed by atoms with Crippen LogP contribution in [0.15, 0.2) is 48.4 Å². The van der Waals surface area contributed by atoms with Crippen molar-refractivity contribution >= 4 is 0 Å². The van der Waals surface area contributed by atoms with Crippen LogP contribution < -0.4 is 5.32 Å². The number of aliphatic hydroxyl groups is 2. The second kappa shape index (κ2) is 15.0. The van der Waals surface area contributed by atoms with Crippen LogP contribution >= 0.6 is 0 Å². The van der Waals surface area contributed by atoms with Gasteiger partial charge in [0, 0.05) is 36.2 Å². The summed E-state index contributed by atoms with van der Waals surface area (Å²) in [6.07, 6.45) is -13.0. The Morgan fingerprint density at radius 3 is 2.70 bits per heavy atom. The van der Waals surface area contributed by atoms with Gasteiger partial charge in [0.05, 0.1) is 25.0 Å². The van der Waals surface area contributed by atoms with Crippen molar-refractivity contribution in [2.75, 3.05) is 26.2 Å². The second-order valence-corrected chi connectivity index (χ2v) is 5.93. The van der Waals surface area contributed by atoms with E-state index in [9.17, 15) is 15.3 Å². The number of aromatic hydroxyl groups is 1. The van der Waals surface area contributed by atoms with Gasteiger partial charge in [0.25, 0.3) is 0 Å². The minimum Gasteiger partial charge on any atom is -0.508 e. The molecule has 0 fully saturated rings. The topological polar surface area (TPSA) is 82.0 Å². The zero-order chi connectivity index (χ0) is 36.6. The lowest BCUT2D eigenvalue weighted by atomic mass is 10.1. The summed E-state index contributed by atoms with van der Waals surface area (Å²) in [4.78, 5) is 0. The second-order valence-electron chi connectivity index (χ2n) is 5.93. The van der Waals surface area contributed by atoms with Gasteiger partial charge in [-0.05, 0) is 61.7 Å². The summed E-state index contributed by atoms with van der Waals surface area (Å²) in [7, 11) is 0. The lowest BCUT2D eigenvalue weighted by Gasteiger charge is -2.14. The maximum Gasteiger partial charge on any atom is 0.121 e. The molecule has 1 atom stereocenters. The van der Waals surface area contributed by atoms with Crippen molar-refractivity contribution in [3.63, 3.8) is 0 Å². The standard InChI is InChI=1S/C25H37NO4/c27-20-23-18-22(13-14-24(23)28)25(29)19-26-15-7-1-2-8-16-30-17-9-6-12-21-10-4-3-5-11-21/h3-5,10-11,13-14,18,25-29H,1-2,6-9,12,15-17,19-20H2/i3D,6D2,9D2,10D,11D,12D2,13D,14D,16D2,18D,19D2,25D. The van der Waals surface area contributed by atoms with E-state index in [1.54, 1.807) is 0 Å². The first kappa shape index (κ1) is 9.70. The Bertz CT molecular complexity index is 1410. The Labute approximate surface area is 204 Å². The van der Waals surface area contributed by atoms with Gasteiger partial charge < -0.3 is 25.4 Å². The summed E-state index contributed by atoms with van der Waals surface area (Å²) in [6, 6.07) is -2.61. The number of rotatable bonds is 16. The molecule has 30 heavy (non-hydrogen) atoms. The maximum atomic E-state index is 10.7. The summed E-state index contributed by atoms with van der Waals surface area (Å²) in [5.74, 6) is -0.906. The Balaban J connectivity index is 1.99. The van der Waals surface area contributed by atoms with Crippen LogP contribution in [-0.2, 0) is 17.7 Å². The van der Waals surface area contributed by atoms with Gasteiger partial charge in [0.1, 0.15) is 5.75 Å². The normalized spacial score (nSPS) is 23.9. The van der Waals surface area contributed by atoms with Crippen LogP contribution in [0.2, 0.25) is 0 Å². The molecule has 2 rings (SSSR count). The molecule has 0 aliphatic carbocycles. The van der Waals surface area contributed by atoms with Crippen molar-refractivity contribution in [1.82, 2.24) is 5.32 Å². The minimum atomic E-state index is -3.42. The fourth-order valence-electron chi connectivity index (χ4n) is 2.15. The molecule has 166 valence electrons. The number of aliphatic hydroxyl groups excluding tert-OH is 1. The molecule has 0 saturated carbocycles. The largest absolute Gasteiger partial charge is 0.508 e. The van der Waals surface area contributed by atoms with E-state index in [1.165, 1.54) is 0 Å². The zero-order valence-electron chi connectivity index (χ0n) is 33.4. The molecule has 5 heteroatoms. The van der Waals surface area contributed by atoms with E-state index < -0.39 is 104 Å². The summed E-state index contributed by atoms with van der Waals surface area (Å²) in [5, 5.41) is 32.3.